The first-order valence-corrected chi connectivity index (χ1v) is 7.89. The van der Waals surface area contributed by atoms with E-state index in [9.17, 15) is 4.79 Å². The first-order valence-electron chi connectivity index (χ1n) is 6.08. The second kappa shape index (κ2) is 6.71. The van der Waals surface area contributed by atoms with E-state index in [0.29, 0.717) is 17.5 Å². The molecule has 2 heterocycles. The van der Waals surface area contributed by atoms with Gasteiger partial charge in [0.1, 0.15) is 5.01 Å². The third-order valence-corrected chi connectivity index (χ3v) is 4.41. The Bertz CT molecular complexity index is 575. The van der Waals surface area contributed by atoms with Gasteiger partial charge in [-0.2, -0.15) is 0 Å². The van der Waals surface area contributed by atoms with Gasteiger partial charge in [-0.3, -0.25) is 4.57 Å². The monoisotopic (exact) mass is 300 g/mol. The van der Waals surface area contributed by atoms with E-state index in [1.165, 1.54) is 23.1 Å². The standard InChI is InChI=1S/C10H16N6OS2/c1-3-5-11-8-13-12-7(19-8)6-18-10-15-14-9(17)16(10)4-2/h3-6H2,1-2H3,(H,11,13)(H,14,17). The van der Waals surface area contributed by atoms with Crippen molar-refractivity contribution in [3.05, 3.63) is 15.5 Å². The molecule has 0 amide bonds. The maximum atomic E-state index is 11.4. The Balaban J connectivity index is 1.94. The highest BCUT2D eigenvalue weighted by molar-refractivity contribution is 7.98. The van der Waals surface area contributed by atoms with Crippen molar-refractivity contribution < 1.29 is 0 Å². The number of thioether (sulfide) groups is 1. The molecule has 2 aromatic rings. The Morgan fingerprint density at radius 2 is 2.26 bits per heavy atom. The summed E-state index contributed by atoms with van der Waals surface area (Å²) in [5, 5.41) is 20.2. The Hall–Kier alpha value is -1.35. The molecule has 0 atom stereocenters. The fraction of sp³-hybridized carbons (Fsp3) is 0.600. The summed E-state index contributed by atoms with van der Waals surface area (Å²) in [6.45, 7) is 5.53. The molecule has 0 aliphatic heterocycles. The molecule has 0 aliphatic carbocycles. The fourth-order valence-corrected chi connectivity index (χ4v) is 3.20. The van der Waals surface area contributed by atoms with E-state index in [0.717, 1.165) is 23.1 Å². The lowest BCUT2D eigenvalue weighted by atomic mass is 10.5. The fourth-order valence-electron chi connectivity index (χ4n) is 1.43. The summed E-state index contributed by atoms with van der Waals surface area (Å²) in [7, 11) is 0. The topological polar surface area (TPSA) is 88.5 Å². The molecule has 19 heavy (non-hydrogen) atoms. The average molecular weight is 300 g/mol. The van der Waals surface area contributed by atoms with Crippen LogP contribution in [0.5, 0.6) is 0 Å². The van der Waals surface area contributed by atoms with E-state index >= 15 is 0 Å². The number of H-pyrrole nitrogens is 1. The van der Waals surface area contributed by atoms with Gasteiger partial charge in [0.15, 0.2) is 5.16 Å². The highest BCUT2D eigenvalue weighted by atomic mass is 32.2. The lowest BCUT2D eigenvalue weighted by molar-refractivity contribution is 0.660. The molecule has 2 N–H and O–H groups in total. The molecule has 0 radical (unpaired) electrons. The summed E-state index contributed by atoms with van der Waals surface area (Å²) < 4.78 is 1.60. The first kappa shape index (κ1) is 14.1. The lowest BCUT2D eigenvalue weighted by Crippen LogP contribution is -2.16. The summed E-state index contributed by atoms with van der Waals surface area (Å²) in [4.78, 5) is 11.4. The second-order valence-corrected chi connectivity index (χ2v) is 5.78. The number of rotatable bonds is 7. The summed E-state index contributed by atoms with van der Waals surface area (Å²) in [6.07, 6.45) is 1.06. The lowest BCUT2D eigenvalue weighted by Gasteiger charge is -1.99. The molecule has 0 saturated carbocycles. The molecule has 0 saturated heterocycles. The largest absolute Gasteiger partial charge is 0.360 e. The van der Waals surface area contributed by atoms with Crippen LogP contribution in [-0.4, -0.2) is 31.5 Å². The van der Waals surface area contributed by atoms with Crippen LogP contribution in [0, 0.1) is 0 Å². The van der Waals surface area contributed by atoms with E-state index in [-0.39, 0.29) is 5.69 Å². The first-order chi connectivity index (χ1) is 9.24. The Labute approximate surface area is 118 Å². The molecule has 0 unspecified atom stereocenters. The minimum absolute atomic E-state index is 0.174. The van der Waals surface area contributed by atoms with Crippen molar-refractivity contribution >= 4 is 28.2 Å². The third-order valence-electron chi connectivity index (χ3n) is 2.36. The normalized spacial score (nSPS) is 10.8. The van der Waals surface area contributed by atoms with Crippen LogP contribution < -0.4 is 11.0 Å². The van der Waals surface area contributed by atoms with Crippen molar-refractivity contribution in [2.75, 3.05) is 11.9 Å². The number of hydrogen-bond donors (Lipinski definition) is 2. The van der Waals surface area contributed by atoms with E-state index in [1.54, 1.807) is 4.57 Å². The van der Waals surface area contributed by atoms with Crippen LogP contribution >= 0.6 is 23.1 Å². The molecule has 0 fully saturated rings. The van der Waals surface area contributed by atoms with Crippen molar-refractivity contribution in [1.82, 2.24) is 25.0 Å². The van der Waals surface area contributed by atoms with Crippen LogP contribution in [0.1, 0.15) is 25.3 Å². The summed E-state index contributed by atoms with van der Waals surface area (Å²) >= 11 is 3.02. The zero-order chi connectivity index (χ0) is 13.7. The summed E-state index contributed by atoms with van der Waals surface area (Å²) in [6, 6.07) is 0. The smallest absolute Gasteiger partial charge is 0.343 e. The minimum atomic E-state index is -0.174. The van der Waals surface area contributed by atoms with Gasteiger partial charge in [-0.1, -0.05) is 30.0 Å². The van der Waals surface area contributed by atoms with Crippen LogP contribution in [0.25, 0.3) is 0 Å². The van der Waals surface area contributed by atoms with Gasteiger partial charge in [0.2, 0.25) is 5.13 Å². The maximum Gasteiger partial charge on any atom is 0.343 e. The molecule has 104 valence electrons. The number of nitrogens with one attached hydrogen (secondary N) is 2. The molecular formula is C10H16N6OS2. The Morgan fingerprint density at radius 1 is 1.42 bits per heavy atom. The predicted octanol–water partition coefficient (Wildman–Crippen LogP) is 1.56. The van der Waals surface area contributed by atoms with Gasteiger partial charge in [0, 0.05) is 13.1 Å². The van der Waals surface area contributed by atoms with Crippen LogP contribution in [0.3, 0.4) is 0 Å². The maximum absolute atomic E-state index is 11.4. The zero-order valence-corrected chi connectivity index (χ0v) is 12.5. The number of nitrogens with zero attached hydrogens (tertiary/aromatic N) is 4. The van der Waals surface area contributed by atoms with Crippen LogP contribution in [-0.2, 0) is 12.3 Å². The van der Waals surface area contributed by atoms with Gasteiger partial charge in [-0.05, 0) is 13.3 Å². The van der Waals surface area contributed by atoms with E-state index in [4.69, 9.17) is 0 Å². The molecular weight excluding hydrogens is 284 g/mol. The van der Waals surface area contributed by atoms with Gasteiger partial charge in [-0.15, -0.1) is 15.3 Å². The average Bonchev–Trinajstić information content (AvgIpc) is 3.00. The Morgan fingerprint density at radius 3 is 3.00 bits per heavy atom. The highest BCUT2D eigenvalue weighted by Gasteiger charge is 2.09. The highest BCUT2D eigenvalue weighted by Crippen LogP contribution is 2.23. The molecule has 0 aromatic carbocycles. The van der Waals surface area contributed by atoms with Crippen LogP contribution in [0.4, 0.5) is 5.13 Å². The molecule has 2 rings (SSSR count). The van der Waals surface area contributed by atoms with E-state index in [1.807, 2.05) is 6.92 Å². The zero-order valence-electron chi connectivity index (χ0n) is 10.8. The SMILES string of the molecule is CCCNc1nnc(CSc2n[nH]c(=O)n2CC)s1. The third kappa shape index (κ3) is 3.57. The van der Waals surface area contributed by atoms with Gasteiger partial charge < -0.3 is 5.32 Å². The van der Waals surface area contributed by atoms with Gasteiger partial charge in [0.25, 0.3) is 0 Å². The molecule has 0 aliphatic rings. The van der Waals surface area contributed by atoms with Gasteiger partial charge >= 0.3 is 5.69 Å². The van der Waals surface area contributed by atoms with Crippen LogP contribution in [0.15, 0.2) is 9.95 Å². The Kier molecular flexibility index (Phi) is 4.97. The minimum Gasteiger partial charge on any atom is -0.360 e. The summed E-state index contributed by atoms with van der Waals surface area (Å²) in [5.41, 5.74) is -0.174. The number of anilines is 1. The van der Waals surface area contributed by atoms with Crippen LogP contribution in [0.2, 0.25) is 0 Å². The predicted molar refractivity (Wildman–Crippen MR) is 76.8 cm³/mol. The summed E-state index contributed by atoms with van der Waals surface area (Å²) in [5.74, 6) is 0.662. The number of aromatic amines is 1. The molecule has 0 spiro atoms. The van der Waals surface area contributed by atoms with Crippen molar-refractivity contribution in [3.8, 4) is 0 Å². The van der Waals surface area contributed by atoms with E-state index in [2.05, 4.69) is 32.6 Å². The van der Waals surface area contributed by atoms with E-state index < -0.39 is 0 Å². The van der Waals surface area contributed by atoms with Crippen molar-refractivity contribution in [1.29, 1.82) is 0 Å². The van der Waals surface area contributed by atoms with Crippen molar-refractivity contribution in [2.24, 2.45) is 0 Å². The second-order valence-electron chi connectivity index (χ2n) is 3.77. The molecule has 0 bridgehead atoms. The molecule has 7 nitrogen and oxygen atoms in total. The van der Waals surface area contributed by atoms with Gasteiger partial charge in [-0.25, -0.2) is 9.89 Å². The molecule has 9 heteroatoms. The molecule has 2 aromatic heterocycles. The quantitative estimate of drug-likeness (QED) is 0.754. The van der Waals surface area contributed by atoms with Gasteiger partial charge in [0.05, 0.1) is 5.75 Å². The van der Waals surface area contributed by atoms with Crippen molar-refractivity contribution in [3.63, 3.8) is 0 Å². The number of aromatic nitrogens is 5. The number of hydrogen-bond acceptors (Lipinski definition) is 7. The van der Waals surface area contributed by atoms with Crippen molar-refractivity contribution in [2.45, 2.75) is 37.7 Å².